The summed E-state index contributed by atoms with van der Waals surface area (Å²) < 4.78 is 6.19. The molecule has 0 bridgehead atoms. The van der Waals surface area contributed by atoms with E-state index >= 15 is 0 Å². The Balaban J connectivity index is 2.15. The van der Waals surface area contributed by atoms with E-state index in [0.29, 0.717) is 10.0 Å². The number of aliphatic carboxylic acids is 1. The highest BCUT2D eigenvalue weighted by atomic mass is 35.5. The molecule has 1 aliphatic rings. The molecular formula is C19H18ClNO3S. The van der Waals surface area contributed by atoms with E-state index in [1.165, 1.54) is 0 Å². The van der Waals surface area contributed by atoms with E-state index < -0.39 is 18.2 Å². The van der Waals surface area contributed by atoms with E-state index in [2.05, 4.69) is 5.32 Å². The zero-order chi connectivity index (χ0) is 18.1. The van der Waals surface area contributed by atoms with Gasteiger partial charge < -0.3 is 15.2 Å². The molecule has 2 aromatic carbocycles. The highest BCUT2D eigenvalue weighted by molar-refractivity contribution is 7.80. The Morgan fingerprint density at radius 1 is 1.28 bits per heavy atom. The second-order valence-electron chi connectivity index (χ2n) is 6.11. The fourth-order valence-corrected chi connectivity index (χ4v) is 3.40. The smallest absolute Gasteiger partial charge is 0.306 e. The lowest BCUT2D eigenvalue weighted by Gasteiger charge is -2.24. The van der Waals surface area contributed by atoms with Gasteiger partial charge in [-0.3, -0.25) is 4.79 Å². The van der Waals surface area contributed by atoms with Crippen molar-refractivity contribution >= 4 is 40.5 Å². The van der Waals surface area contributed by atoms with Gasteiger partial charge in [0.2, 0.25) is 0 Å². The molecule has 130 valence electrons. The number of rotatable bonds is 3. The first-order chi connectivity index (χ1) is 11.9. The van der Waals surface area contributed by atoms with Crippen molar-refractivity contribution in [1.29, 1.82) is 0 Å². The molecule has 0 fully saturated rings. The third-order valence-electron chi connectivity index (χ3n) is 4.44. The van der Waals surface area contributed by atoms with Gasteiger partial charge in [0.1, 0.15) is 17.2 Å². The van der Waals surface area contributed by atoms with Gasteiger partial charge in [-0.05, 0) is 48.7 Å². The third-order valence-corrected chi connectivity index (χ3v) is 5.04. The predicted octanol–water partition coefficient (Wildman–Crippen LogP) is 4.66. The monoisotopic (exact) mass is 375 g/mol. The second-order valence-corrected chi connectivity index (χ2v) is 6.99. The lowest BCUT2D eigenvalue weighted by molar-refractivity contribution is -0.139. The van der Waals surface area contributed by atoms with Crippen LogP contribution >= 0.6 is 23.8 Å². The van der Waals surface area contributed by atoms with Crippen molar-refractivity contribution in [1.82, 2.24) is 0 Å². The summed E-state index contributed by atoms with van der Waals surface area (Å²) in [5.41, 5.74) is 4.84. The molecule has 2 aromatic rings. The minimum Gasteiger partial charge on any atom is -0.481 e. The van der Waals surface area contributed by atoms with Crippen molar-refractivity contribution in [2.45, 2.75) is 32.5 Å². The van der Waals surface area contributed by atoms with Crippen LogP contribution in [0.3, 0.4) is 0 Å². The maximum absolute atomic E-state index is 11.2. The van der Waals surface area contributed by atoms with Crippen molar-refractivity contribution in [2.24, 2.45) is 0 Å². The van der Waals surface area contributed by atoms with Gasteiger partial charge in [0.15, 0.2) is 0 Å². The van der Waals surface area contributed by atoms with Gasteiger partial charge >= 0.3 is 5.97 Å². The van der Waals surface area contributed by atoms with Gasteiger partial charge in [-0.2, -0.15) is 0 Å². The highest BCUT2D eigenvalue weighted by Crippen LogP contribution is 2.39. The Morgan fingerprint density at radius 2 is 2.04 bits per heavy atom. The number of benzene rings is 2. The molecule has 6 heteroatoms. The van der Waals surface area contributed by atoms with Crippen LogP contribution in [-0.4, -0.2) is 22.2 Å². The molecule has 25 heavy (non-hydrogen) atoms. The summed E-state index contributed by atoms with van der Waals surface area (Å²) in [6.07, 6.45) is -1.37. The number of hydrogen-bond acceptors (Lipinski definition) is 3. The first kappa shape index (κ1) is 17.9. The average molecular weight is 376 g/mol. The molecule has 0 spiro atoms. The summed E-state index contributed by atoms with van der Waals surface area (Å²) in [5.74, 6) is -0.960. The number of aryl methyl sites for hydroxylation is 1. The number of anilines is 1. The Kier molecular flexibility index (Phi) is 5.08. The zero-order valence-electron chi connectivity index (χ0n) is 13.9. The Hall–Kier alpha value is -1.95. The number of halogens is 1. The topological polar surface area (TPSA) is 58.6 Å². The number of ether oxygens (including phenoxy) is 1. The third kappa shape index (κ3) is 3.68. The summed E-state index contributed by atoms with van der Waals surface area (Å²) in [7, 11) is 0. The molecule has 2 atom stereocenters. The molecule has 4 nitrogen and oxygen atoms in total. The van der Waals surface area contributed by atoms with Gasteiger partial charge in [0.25, 0.3) is 0 Å². The Bertz CT molecular complexity index is 853. The molecule has 3 rings (SSSR count). The second kappa shape index (κ2) is 7.12. The molecule has 1 aliphatic heterocycles. The van der Waals surface area contributed by atoms with Crippen molar-refractivity contribution in [2.75, 3.05) is 5.32 Å². The summed E-state index contributed by atoms with van der Waals surface area (Å²) in [6, 6.07) is 11.4. The normalized spacial score (nSPS) is 19.7. The molecule has 0 aromatic heterocycles. The van der Waals surface area contributed by atoms with Gasteiger partial charge in [-0.25, -0.2) is 0 Å². The summed E-state index contributed by atoms with van der Waals surface area (Å²) in [6.45, 7) is 4.06. The quantitative estimate of drug-likeness (QED) is 0.764. The number of thiocarbonyl (C=S) groups is 1. The summed E-state index contributed by atoms with van der Waals surface area (Å²) >= 11 is 11.6. The minimum atomic E-state index is -0.960. The standard InChI is InChI=1S/C19H18ClNO3S/c1-10-4-3-5-13(11(10)2)18-14-8-12(20)6-7-15(14)21-19(25)16(24-18)9-17(22)23/h3-8,16,18H,9H2,1-2H3,(H,21,25)(H,22,23)/t16-,18-/m0/s1. The molecule has 0 amide bonds. The van der Waals surface area contributed by atoms with Crippen LogP contribution in [0.2, 0.25) is 5.02 Å². The van der Waals surface area contributed by atoms with Gasteiger partial charge in [0, 0.05) is 16.3 Å². The van der Waals surface area contributed by atoms with E-state index in [0.717, 1.165) is 27.9 Å². The number of hydrogen-bond donors (Lipinski definition) is 2. The van der Waals surface area contributed by atoms with Gasteiger partial charge in [-0.15, -0.1) is 0 Å². The maximum atomic E-state index is 11.2. The number of nitrogens with one attached hydrogen (secondary N) is 1. The minimum absolute atomic E-state index is 0.199. The van der Waals surface area contributed by atoms with Crippen LogP contribution in [0.4, 0.5) is 5.69 Å². The molecular weight excluding hydrogens is 358 g/mol. The fourth-order valence-electron chi connectivity index (χ4n) is 2.98. The van der Waals surface area contributed by atoms with Crippen molar-refractivity contribution < 1.29 is 14.6 Å². The Labute approximate surface area is 156 Å². The Morgan fingerprint density at radius 3 is 2.76 bits per heavy atom. The number of carboxylic acids is 1. The largest absolute Gasteiger partial charge is 0.481 e. The van der Waals surface area contributed by atoms with Crippen LogP contribution in [0.15, 0.2) is 36.4 Å². The molecule has 0 unspecified atom stereocenters. The van der Waals surface area contributed by atoms with Crippen LogP contribution in [0.5, 0.6) is 0 Å². The van der Waals surface area contributed by atoms with E-state index in [-0.39, 0.29) is 6.42 Å². The van der Waals surface area contributed by atoms with Crippen molar-refractivity contribution in [3.05, 3.63) is 63.7 Å². The van der Waals surface area contributed by atoms with E-state index in [1.807, 2.05) is 44.2 Å². The molecule has 2 N–H and O–H groups in total. The molecule has 0 saturated heterocycles. The predicted molar refractivity (Wildman–Crippen MR) is 103 cm³/mol. The number of fused-ring (bicyclic) bond motifs is 1. The first-order valence-corrected chi connectivity index (χ1v) is 8.69. The van der Waals surface area contributed by atoms with Gasteiger partial charge in [0.05, 0.1) is 6.42 Å². The lowest BCUT2D eigenvalue weighted by atomic mass is 9.93. The van der Waals surface area contributed by atoms with Crippen molar-refractivity contribution in [3.63, 3.8) is 0 Å². The van der Waals surface area contributed by atoms with E-state index in [4.69, 9.17) is 28.6 Å². The SMILES string of the molecule is Cc1cccc([C@@H]2O[C@@H](CC(=O)O)C(=S)Nc3ccc(Cl)cc32)c1C. The zero-order valence-corrected chi connectivity index (χ0v) is 15.4. The van der Waals surface area contributed by atoms with E-state index in [1.54, 1.807) is 6.07 Å². The van der Waals surface area contributed by atoms with Crippen LogP contribution in [-0.2, 0) is 9.53 Å². The average Bonchev–Trinajstić information content (AvgIpc) is 2.67. The van der Waals surface area contributed by atoms with Crippen LogP contribution in [0, 0.1) is 13.8 Å². The van der Waals surface area contributed by atoms with Crippen LogP contribution in [0.25, 0.3) is 0 Å². The summed E-state index contributed by atoms with van der Waals surface area (Å²) in [4.78, 5) is 11.6. The van der Waals surface area contributed by atoms with Crippen LogP contribution < -0.4 is 5.32 Å². The lowest BCUT2D eigenvalue weighted by Crippen LogP contribution is -2.30. The molecule has 1 heterocycles. The van der Waals surface area contributed by atoms with Crippen LogP contribution in [0.1, 0.15) is 34.8 Å². The molecule has 0 aliphatic carbocycles. The first-order valence-electron chi connectivity index (χ1n) is 7.90. The van der Waals surface area contributed by atoms with Gasteiger partial charge in [-0.1, -0.05) is 42.0 Å². The van der Waals surface area contributed by atoms with E-state index in [9.17, 15) is 9.90 Å². The maximum Gasteiger partial charge on any atom is 0.306 e. The summed E-state index contributed by atoms with van der Waals surface area (Å²) in [5, 5.41) is 12.9. The number of carboxylic acid groups (broad SMARTS) is 1. The fraction of sp³-hybridized carbons (Fsp3) is 0.263. The highest BCUT2D eigenvalue weighted by Gasteiger charge is 2.31. The molecule has 0 radical (unpaired) electrons. The molecule has 0 saturated carbocycles. The van der Waals surface area contributed by atoms with Crippen molar-refractivity contribution in [3.8, 4) is 0 Å². The number of carbonyl (C=O) groups is 1.